The molecule has 1 rings (SSSR count). The van der Waals surface area contributed by atoms with E-state index >= 15 is 0 Å². The Morgan fingerprint density at radius 2 is 2.50 bits per heavy atom. The van der Waals surface area contributed by atoms with Gasteiger partial charge in [-0.3, -0.25) is 4.79 Å². The Kier molecular flexibility index (Phi) is 4.55. The molecule has 0 saturated carbocycles. The minimum Gasteiger partial charge on any atom is -0.465 e. The highest BCUT2D eigenvalue weighted by Gasteiger charge is 2.03. The topological polar surface area (TPSA) is 51.2 Å². The molecule has 1 N–H and O–H groups in total. The largest absolute Gasteiger partial charge is 0.465 e. The van der Waals surface area contributed by atoms with Crippen LogP contribution in [-0.2, 0) is 16.1 Å². The molecule has 0 aliphatic rings. The van der Waals surface area contributed by atoms with Crippen LogP contribution in [0.1, 0.15) is 17.5 Å². The molecule has 5 heteroatoms. The van der Waals surface area contributed by atoms with Crippen LogP contribution in [0.15, 0.2) is 5.51 Å². The zero-order valence-electron chi connectivity index (χ0n) is 8.37. The van der Waals surface area contributed by atoms with Gasteiger partial charge < -0.3 is 10.1 Å². The van der Waals surface area contributed by atoms with Crippen molar-refractivity contribution in [2.75, 3.05) is 13.2 Å². The van der Waals surface area contributed by atoms with Crippen molar-refractivity contribution < 1.29 is 9.53 Å². The van der Waals surface area contributed by atoms with E-state index in [0.717, 1.165) is 10.6 Å². The second-order valence-electron chi connectivity index (χ2n) is 2.77. The zero-order valence-corrected chi connectivity index (χ0v) is 9.19. The van der Waals surface area contributed by atoms with E-state index in [0.29, 0.717) is 13.2 Å². The summed E-state index contributed by atoms with van der Waals surface area (Å²) >= 11 is 1.59. The van der Waals surface area contributed by atoms with E-state index in [1.165, 1.54) is 0 Å². The Labute approximate surface area is 87.3 Å². The van der Waals surface area contributed by atoms with E-state index in [1.54, 1.807) is 23.8 Å². The average molecular weight is 214 g/mol. The van der Waals surface area contributed by atoms with Crippen LogP contribution in [0.2, 0.25) is 0 Å². The van der Waals surface area contributed by atoms with Crippen LogP contribution < -0.4 is 5.32 Å². The van der Waals surface area contributed by atoms with Crippen molar-refractivity contribution in [3.63, 3.8) is 0 Å². The van der Waals surface area contributed by atoms with E-state index in [2.05, 4.69) is 10.3 Å². The van der Waals surface area contributed by atoms with Gasteiger partial charge in [-0.05, 0) is 13.8 Å². The Morgan fingerprint density at radius 3 is 3.07 bits per heavy atom. The molecule has 0 amide bonds. The van der Waals surface area contributed by atoms with Crippen LogP contribution in [0.3, 0.4) is 0 Å². The Hall–Kier alpha value is -0.940. The molecule has 0 spiro atoms. The van der Waals surface area contributed by atoms with Crippen molar-refractivity contribution in [1.82, 2.24) is 10.3 Å². The molecule has 4 nitrogen and oxygen atoms in total. The minimum absolute atomic E-state index is 0.213. The SMILES string of the molecule is CCOC(=O)CNCc1scnc1C. The molecule has 1 heterocycles. The van der Waals surface area contributed by atoms with Gasteiger partial charge in [0, 0.05) is 11.4 Å². The van der Waals surface area contributed by atoms with Crippen molar-refractivity contribution in [2.24, 2.45) is 0 Å². The normalized spacial score (nSPS) is 10.1. The van der Waals surface area contributed by atoms with Crippen molar-refractivity contribution >= 4 is 17.3 Å². The Balaban J connectivity index is 2.22. The van der Waals surface area contributed by atoms with Gasteiger partial charge in [0.25, 0.3) is 0 Å². The van der Waals surface area contributed by atoms with Crippen molar-refractivity contribution in [1.29, 1.82) is 0 Å². The second kappa shape index (κ2) is 5.72. The lowest BCUT2D eigenvalue weighted by molar-refractivity contribution is -0.142. The van der Waals surface area contributed by atoms with E-state index in [1.807, 2.05) is 6.92 Å². The molecule has 0 unspecified atom stereocenters. The van der Waals surface area contributed by atoms with Gasteiger partial charge in [-0.1, -0.05) is 0 Å². The molecule has 0 aromatic carbocycles. The lowest BCUT2D eigenvalue weighted by Crippen LogP contribution is -2.24. The maximum Gasteiger partial charge on any atom is 0.319 e. The smallest absolute Gasteiger partial charge is 0.319 e. The molecule has 0 radical (unpaired) electrons. The minimum atomic E-state index is -0.213. The predicted octanol–water partition coefficient (Wildman–Crippen LogP) is 1.10. The number of nitrogens with zero attached hydrogens (tertiary/aromatic N) is 1. The molecule has 1 aromatic rings. The molecule has 0 fully saturated rings. The first-order valence-corrected chi connectivity index (χ1v) is 5.37. The third-order valence-corrected chi connectivity index (χ3v) is 2.64. The summed E-state index contributed by atoms with van der Waals surface area (Å²) in [6.45, 7) is 5.11. The number of hydrogen-bond acceptors (Lipinski definition) is 5. The summed E-state index contributed by atoms with van der Waals surface area (Å²) in [5.41, 5.74) is 2.82. The fourth-order valence-corrected chi connectivity index (χ4v) is 1.73. The Morgan fingerprint density at radius 1 is 1.71 bits per heavy atom. The van der Waals surface area contributed by atoms with Gasteiger partial charge in [0.2, 0.25) is 0 Å². The first kappa shape index (κ1) is 11.1. The fraction of sp³-hybridized carbons (Fsp3) is 0.556. The van der Waals surface area contributed by atoms with Crippen LogP contribution in [0.25, 0.3) is 0 Å². The molecule has 0 atom stereocenters. The molecule has 0 aliphatic heterocycles. The summed E-state index contributed by atoms with van der Waals surface area (Å²) in [7, 11) is 0. The second-order valence-corrected chi connectivity index (χ2v) is 3.71. The third kappa shape index (κ3) is 3.43. The average Bonchev–Trinajstić information content (AvgIpc) is 2.52. The van der Waals surface area contributed by atoms with Gasteiger partial charge in [0.05, 0.1) is 24.4 Å². The summed E-state index contributed by atoms with van der Waals surface area (Å²) in [5.74, 6) is -0.213. The number of thiazole rings is 1. The summed E-state index contributed by atoms with van der Waals surface area (Å²) < 4.78 is 4.78. The first-order valence-electron chi connectivity index (χ1n) is 4.49. The first-order chi connectivity index (χ1) is 6.74. The van der Waals surface area contributed by atoms with Gasteiger partial charge in [-0.25, -0.2) is 4.98 Å². The highest BCUT2D eigenvalue weighted by atomic mass is 32.1. The van der Waals surface area contributed by atoms with E-state index in [9.17, 15) is 4.79 Å². The van der Waals surface area contributed by atoms with Gasteiger partial charge in [0.1, 0.15) is 0 Å². The van der Waals surface area contributed by atoms with Crippen molar-refractivity contribution in [3.05, 3.63) is 16.1 Å². The number of carbonyl (C=O) groups excluding carboxylic acids is 1. The molecule has 0 bridgehead atoms. The molecule has 1 aromatic heterocycles. The number of nitrogens with one attached hydrogen (secondary N) is 1. The molecule has 14 heavy (non-hydrogen) atoms. The predicted molar refractivity (Wildman–Crippen MR) is 55.2 cm³/mol. The van der Waals surface area contributed by atoms with E-state index in [-0.39, 0.29) is 12.5 Å². The lowest BCUT2D eigenvalue weighted by atomic mass is 10.4. The molecule has 78 valence electrons. The molecule has 0 aliphatic carbocycles. The summed E-state index contributed by atoms with van der Waals surface area (Å²) in [6, 6.07) is 0. The number of carbonyl (C=O) groups is 1. The Bertz CT molecular complexity index is 299. The van der Waals surface area contributed by atoms with Gasteiger partial charge in [0.15, 0.2) is 0 Å². The summed E-state index contributed by atoms with van der Waals surface area (Å²) in [5, 5.41) is 3.01. The number of esters is 1. The van der Waals surface area contributed by atoms with Crippen molar-refractivity contribution in [3.8, 4) is 0 Å². The molecular weight excluding hydrogens is 200 g/mol. The van der Waals surface area contributed by atoms with Crippen LogP contribution in [0.5, 0.6) is 0 Å². The summed E-state index contributed by atoms with van der Waals surface area (Å²) in [6.07, 6.45) is 0. The standard InChI is InChI=1S/C9H14N2O2S/c1-3-13-9(12)5-10-4-8-7(2)11-6-14-8/h6,10H,3-5H2,1-2H3. The highest BCUT2D eigenvalue weighted by molar-refractivity contribution is 7.09. The monoisotopic (exact) mass is 214 g/mol. The van der Waals surface area contributed by atoms with E-state index < -0.39 is 0 Å². The van der Waals surface area contributed by atoms with Crippen LogP contribution >= 0.6 is 11.3 Å². The maximum absolute atomic E-state index is 11.0. The number of aromatic nitrogens is 1. The van der Waals surface area contributed by atoms with Gasteiger partial charge in [-0.15, -0.1) is 11.3 Å². The number of aryl methyl sites for hydroxylation is 1. The molecule has 0 saturated heterocycles. The zero-order chi connectivity index (χ0) is 10.4. The van der Waals surface area contributed by atoms with Crippen molar-refractivity contribution in [2.45, 2.75) is 20.4 Å². The number of hydrogen-bond donors (Lipinski definition) is 1. The number of rotatable bonds is 5. The number of ether oxygens (including phenoxy) is 1. The van der Waals surface area contributed by atoms with Crippen LogP contribution in [0, 0.1) is 6.92 Å². The van der Waals surface area contributed by atoms with Crippen LogP contribution in [0.4, 0.5) is 0 Å². The lowest BCUT2D eigenvalue weighted by Gasteiger charge is -2.03. The van der Waals surface area contributed by atoms with E-state index in [4.69, 9.17) is 4.74 Å². The van der Waals surface area contributed by atoms with Gasteiger partial charge in [-0.2, -0.15) is 0 Å². The maximum atomic E-state index is 11.0. The summed E-state index contributed by atoms with van der Waals surface area (Å²) in [4.78, 5) is 16.2. The van der Waals surface area contributed by atoms with Gasteiger partial charge >= 0.3 is 5.97 Å². The quantitative estimate of drug-likeness (QED) is 0.746. The third-order valence-electron chi connectivity index (χ3n) is 1.71. The highest BCUT2D eigenvalue weighted by Crippen LogP contribution is 2.10. The van der Waals surface area contributed by atoms with Crippen LogP contribution in [-0.4, -0.2) is 24.1 Å². The molecular formula is C9H14N2O2S. The fourth-order valence-electron chi connectivity index (χ4n) is 0.986.